The van der Waals surface area contributed by atoms with Crippen molar-refractivity contribution in [3.63, 3.8) is 0 Å². The first-order valence-corrected chi connectivity index (χ1v) is 12.7. The number of rotatable bonds is 5. The Labute approximate surface area is 224 Å². The van der Waals surface area contributed by atoms with Crippen LogP contribution in [0.5, 0.6) is 17.2 Å². The fourth-order valence-corrected chi connectivity index (χ4v) is 6.06. The molecule has 0 saturated carbocycles. The number of nitrogens with two attached hydrogens (primary N) is 1. The number of benzene rings is 2. The Morgan fingerprint density at radius 1 is 1.15 bits per heavy atom. The summed E-state index contributed by atoms with van der Waals surface area (Å²) in [7, 11) is 1.35. The summed E-state index contributed by atoms with van der Waals surface area (Å²) in [5.41, 5.74) is 3.52. The van der Waals surface area contributed by atoms with E-state index in [4.69, 9.17) is 19.9 Å². The number of carbonyl (C=O) groups is 3. The number of aliphatic hydroxyl groups is 2. The quantitative estimate of drug-likeness (QED) is 0.294. The lowest BCUT2D eigenvalue weighted by Crippen LogP contribution is -2.52. The number of Topliss-reactive ketones (excluding diaryl/α,β-unsaturated/α-hetero) is 1. The SMILES string of the molecule is COc1cccc2c1C(=O)c1c(O)c3c(c(O)c1C2=O)C[C@](O)(CC(C)=O)C[C@@H]3O[C@@H]1C[C@H](N)[C@@H](O)[C@@H](C)O1. The van der Waals surface area contributed by atoms with E-state index in [9.17, 15) is 34.8 Å². The van der Waals surface area contributed by atoms with E-state index in [0.29, 0.717) is 0 Å². The van der Waals surface area contributed by atoms with E-state index in [1.807, 2.05) is 0 Å². The summed E-state index contributed by atoms with van der Waals surface area (Å²) in [6, 6.07) is 3.79. The lowest BCUT2D eigenvalue weighted by Gasteiger charge is -2.42. The second kappa shape index (κ2) is 9.68. The number of aliphatic hydroxyl groups excluding tert-OH is 1. The molecule has 3 aliphatic rings. The monoisotopic (exact) mass is 541 g/mol. The number of phenols is 2. The minimum atomic E-state index is -1.69. The van der Waals surface area contributed by atoms with Crippen molar-refractivity contribution in [2.75, 3.05) is 7.11 Å². The van der Waals surface area contributed by atoms with Crippen LogP contribution in [-0.4, -0.2) is 75.0 Å². The molecule has 0 aromatic heterocycles. The van der Waals surface area contributed by atoms with Gasteiger partial charge in [-0.3, -0.25) is 14.4 Å². The molecule has 2 aromatic rings. The van der Waals surface area contributed by atoms with Crippen LogP contribution in [0.1, 0.15) is 82.2 Å². The zero-order chi connectivity index (χ0) is 28.4. The number of phenolic OH excluding ortho intramolecular Hbond substituents is 2. The fraction of sp³-hybridized carbons (Fsp3) is 0.464. The van der Waals surface area contributed by atoms with Crippen LogP contribution in [0.25, 0.3) is 0 Å². The van der Waals surface area contributed by atoms with Gasteiger partial charge in [-0.25, -0.2) is 0 Å². The predicted octanol–water partition coefficient (Wildman–Crippen LogP) is 1.42. The van der Waals surface area contributed by atoms with Gasteiger partial charge in [0.15, 0.2) is 12.1 Å². The van der Waals surface area contributed by atoms with Crippen LogP contribution in [0, 0.1) is 0 Å². The first-order chi connectivity index (χ1) is 18.4. The maximum absolute atomic E-state index is 13.7. The van der Waals surface area contributed by atoms with Crippen molar-refractivity contribution in [3.8, 4) is 17.2 Å². The molecule has 0 spiro atoms. The standard InChI is InChI=1S/C28H31NO10/c1-11(30)8-28(36)9-14-20(17(10-28)39-18-7-15(29)23(31)12(2)38-18)27(35)22-21(25(14)33)24(32)13-5-4-6-16(37-3)19(13)26(22)34/h4-6,12,15,17-18,23,31,33,35-36H,7-10,29H2,1-3H3/t12-,15+,17+,18-,23+,28-/m1/s1. The number of hydrogen-bond donors (Lipinski definition) is 5. The summed E-state index contributed by atoms with van der Waals surface area (Å²) in [5.74, 6) is -2.75. The molecule has 39 heavy (non-hydrogen) atoms. The predicted molar refractivity (Wildman–Crippen MR) is 135 cm³/mol. The lowest BCUT2D eigenvalue weighted by atomic mass is 9.71. The van der Waals surface area contributed by atoms with Crippen molar-refractivity contribution in [2.45, 2.75) is 75.8 Å². The highest BCUT2D eigenvalue weighted by atomic mass is 16.7. The first kappa shape index (κ1) is 27.2. The number of methoxy groups -OCH3 is 1. The maximum atomic E-state index is 13.7. The third-order valence-corrected chi connectivity index (χ3v) is 7.80. The molecule has 0 bridgehead atoms. The van der Waals surface area contributed by atoms with Crippen molar-refractivity contribution in [1.82, 2.24) is 0 Å². The molecule has 6 N–H and O–H groups in total. The number of carbonyl (C=O) groups excluding carboxylic acids is 3. The second-order valence-corrected chi connectivity index (χ2v) is 10.7. The van der Waals surface area contributed by atoms with E-state index >= 15 is 0 Å². The van der Waals surface area contributed by atoms with Gasteiger partial charge < -0.3 is 40.4 Å². The highest BCUT2D eigenvalue weighted by Crippen LogP contribution is 2.53. The van der Waals surface area contributed by atoms with Crippen LogP contribution in [-0.2, 0) is 20.7 Å². The Bertz CT molecular complexity index is 1380. The van der Waals surface area contributed by atoms with Gasteiger partial charge in [0.2, 0.25) is 5.78 Å². The number of fused-ring (bicyclic) bond motifs is 3. The van der Waals surface area contributed by atoms with E-state index in [0.717, 1.165) is 0 Å². The smallest absolute Gasteiger partial charge is 0.202 e. The summed E-state index contributed by atoms with van der Waals surface area (Å²) in [5, 5.41) is 44.5. The topological polar surface area (TPSA) is 186 Å². The molecule has 1 fully saturated rings. The van der Waals surface area contributed by atoms with Crippen LogP contribution < -0.4 is 10.5 Å². The highest BCUT2D eigenvalue weighted by Gasteiger charge is 2.48. The van der Waals surface area contributed by atoms with Gasteiger partial charge in [0, 0.05) is 48.4 Å². The third-order valence-electron chi connectivity index (χ3n) is 7.80. The summed E-state index contributed by atoms with van der Waals surface area (Å²) >= 11 is 0. The molecule has 0 amide bonds. The zero-order valence-corrected chi connectivity index (χ0v) is 21.8. The number of ether oxygens (including phenoxy) is 3. The van der Waals surface area contributed by atoms with Gasteiger partial charge in [-0.15, -0.1) is 0 Å². The largest absolute Gasteiger partial charge is 0.507 e. The number of hydrogen-bond acceptors (Lipinski definition) is 11. The maximum Gasteiger partial charge on any atom is 0.202 e. The zero-order valence-electron chi connectivity index (χ0n) is 21.8. The van der Waals surface area contributed by atoms with Gasteiger partial charge in [-0.2, -0.15) is 0 Å². The second-order valence-electron chi connectivity index (χ2n) is 10.7. The molecule has 11 heteroatoms. The van der Waals surface area contributed by atoms with Crippen LogP contribution in [0.2, 0.25) is 0 Å². The van der Waals surface area contributed by atoms with Gasteiger partial charge in [-0.1, -0.05) is 12.1 Å². The normalized spacial score (nSPS) is 29.8. The molecule has 1 aliphatic heterocycles. The summed E-state index contributed by atoms with van der Waals surface area (Å²) in [4.78, 5) is 39.2. The number of aromatic hydroxyl groups is 2. The molecule has 208 valence electrons. The Balaban J connectivity index is 1.67. The van der Waals surface area contributed by atoms with Crippen molar-refractivity contribution in [3.05, 3.63) is 51.6 Å². The molecule has 6 atom stereocenters. The highest BCUT2D eigenvalue weighted by molar-refractivity contribution is 6.31. The third kappa shape index (κ3) is 4.40. The van der Waals surface area contributed by atoms with Crippen molar-refractivity contribution < 1.29 is 49.0 Å². The molecule has 0 radical (unpaired) electrons. The van der Waals surface area contributed by atoms with Gasteiger partial charge in [0.05, 0.1) is 47.7 Å². The van der Waals surface area contributed by atoms with Crippen LogP contribution in [0.4, 0.5) is 0 Å². The van der Waals surface area contributed by atoms with E-state index in [2.05, 4.69) is 0 Å². The molecule has 2 aromatic carbocycles. The molecule has 1 heterocycles. The molecule has 1 saturated heterocycles. The van der Waals surface area contributed by atoms with Crippen molar-refractivity contribution in [1.29, 1.82) is 0 Å². The van der Waals surface area contributed by atoms with E-state index in [1.165, 1.54) is 32.2 Å². The van der Waals surface area contributed by atoms with Gasteiger partial charge >= 0.3 is 0 Å². The Hall–Kier alpha value is -3.35. The average molecular weight is 542 g/mol. The number of ketones is 3. The summed E-state index contributed by atoms with van der Waals surface area (Å²) < 4.78 is 17.2. The van der Waals surface area contributed by atoms with Gasteiger partial charge in [0.1, 0.15) is 23.0 Å². The summed E-state index contributed by atoms with van der Waals surface area (Å²) in [6.07, 6.45) is -4.38. The average Bonchev–Trinajstić information content (AvgIpc) is 2.86. The molecule has 5 rings (SSSR count). The Morgan fingerprint density at radius 2 is 1.85 bits per heavy atom. The van der Waals surface area contributed by atoms with E-state index < -0.39 is 70.4 Å². The molecular formula is C28H31NO10. The lowest BCUT2D eigenvalue weighted by molar-refractivity contribution is -0.247. The Kier molecular flexibility index (Phi) is 6.76. The molecule has 11 nitrogen and oxygen atoms in total. The van der Waals surface area contributed by atoms with Crippen LogP contribution in [0.3, 0.4) is 0 Å². The van der Waals surface area contributed by atoms with Gasteiger partial charge in [-0.05, 0) is 19.9 Å². The van der Waals surface area contributed by atoms with Crippen molar-refractivity contribution >= 4 is 17.3 Å². The molecular weight excluding hydrogens is 510 g/mol. The van der Waals surface area contributed by atoms with Crippen molar-refractivity contribution in [2.24, 2.45) is 5.73 Å². The molecule has 0 unspecified atom stereocenters. The minimum Gasteiger partial charge on any atom is -0.507 e. The first-order valence-electron chi connectivity index (χ1n) is 12.7. The van der Waals surface area contributed by atoms with Crippen LogP contribution >= 0.6 is 0 Å². The molecule has 2 aliphatic carbocycles. The van der Waals surface area contributed by atoms with Gasteiger partial charge in [0.25, 0.3) is 0 Å². The van der Waals surface area contributed by atoms with E-state index in [1.54, 1.807) is 6.92 Å². The minimum absolute atomic E-state index is 0.00115. The van der Waals surface area contributed by atoms with Crippen LogP contribution in [0.15, 0.2) is 18.2 Å². The van der Waals surface area contributed by atoms with E-state index in [-0.39, 0.29) is 59.5 Å². The fourth-order valence-electron chi connectivity index (χ4n) is 6.06. The Morgan fingerprint density at radius 3 is 2.49 bits per heavy atom. The summed E-state index contributed by atoms with van der Waals surface area (Å²) in [6.45, 7) is 2.93.